The first-order valence-electron chi connectivity index (χ1n) is 7.88. The molecule has 0 aromatic rings. The Kier molecular flexibility index (Phi) is 6.65. The van der Waals surface area contributed by atoms with Crippen molar-refractivity contribution < 1.29 is 0 Å². The molecule has 0 bridgehead atoms. The molecule has 2 nitrogen and oxygen atoms in total. The van der Waals surface area contributed by atoms with E-state index in [-0.39, 0.29) is 0 Å². The molecule has 0 radical (unpaired) electrons. The van der Waals surface area contributed by atoms with Gasteiger partial charge in [-0.3, -0.25) is 0 Å². The molecule has 2 heteroatoms. The number of hydrogen-bond acceptors (Lipinski definition) is 2. The standard InChI is InChI=1S/C16H34N2/c1-12(2)17-11-14(4)15(5)18(6)16-10-8-7-9-13(16)3/h12-17H,7-11H2,1-6H3. The first-order chi connectivity index (χ1) is 8.43. The minimum Gasteiger partial charge on any atom is -0.314 e. The Morgan fingerprint density at radius 3 is 2.28 bits per heavy atom. The second-order valence-electron chi connectivity index (χ2n) is 6.78. The molecule has 0 aromatic heterocycles. The third-order valence-corrected chi connectivity index (χ3v) is 4.90. The van der Waals surface area contributed by atoms with Crippen LogP contribution in [-0.4, -0.2) is 36.6 Å². The molecule has 4 unspecified atom stereocenters. The van der Waals surface area contributed by atoms with Crippen LogP contribution in [0.15, 0.2) is 0 Å². The van der Waals surface area contributed by atoms with E-state index in [0.29, 0.717) is 18.0 Å². The number of rotatable bonds is 6. The molecule has 1 fully saturated rings. The predicted molar refractivity (Wildman–Crippen MR) is 80.9 cm³/mol. The first-order valence-corrected chi connectivity index (χ1v) is 7.88. The lowest BCUT2D eigenvalue weighted by molar-refractivity contribution is 0.0785. The minimum atomic E-state index is 0.596. The van der Waals surface area contributed by atoms with Crippen molar-refractivity contribution in [2.75, 3.05) is 13.6 Å². The Morgan fingerprint density at radius 1 is 1.11 bits per heavy atom. The van der Waals surface area contributed by atoms with Crippen LogP contribution in [0.5, 0.6) is 0 Å². The maximum atomic E-state index is 3.57. The Balaban J connectivity index is 2.45. The monoisotopic (exact) mass is 254 g/mol. The second kappa shape index (κ2) is 7.49. The molecule has 1 aliphatic rings. The molecule has 0 aromatic carbocycles. The van der Waals surface area contributed by atoms with E-state index in [1.165, 1.54) is 25.7 Å². The smallest absolute Gasteiger partial charge is 0.0121 e. The van der Waals surface area contributed by atoms with Crippen LogP contribution < -0.4 is 5.32 Å². The maximum Gasteiger partial charge on any atom is 0.0121 e. The van der Waals surface area contributed by atoms with Crippen molar-refractivity contribution in [2.45, 2.75) is 78.4 Å². The minimum absolute atomic E-state index is 0.596. The Morgan fingerprint density at radius 2 is 1.72 bits per heavy atom. The maximum absolute atomic E-state index is 3.57. The summed E-state index contributed by atoms with van der Waals surface area (Å²) in [6.45, 7) is 12.8. The van der Waals surface area contributed by atoms with Gasteiger partial charge in [-0.15, -0.1) is 0 Å². The molecule has 0 spiro atoms. The average Bonchev–Trinajstić information content (AvgIpc) is 2.34. The van der Waals surface area contributed by atoms with Crippen molar-refractivity contribution in [3.05, 3.63) is 0 Å². The van der Waals surface area contributed by atoms with Gasteiger partial charge in [0, 0.05) is 18.1 Å². The van der Waals surface area contributed by atoms with Gasteiger partial charge >= 0.3 is 0 Å². The zero-order valence-corrected chi connectivity index (χ0v) is 13.4. The van der Waals surface area contributed by atoms with E-state index in [4.69, 9.17) is 0 Å². The summed E-state index contributed by atoms with van der Waals surface area (Å²) in [5, 5.41) is 3.57. The molecule has 108 valence electrons. The van der Waals surface area contributed by atoms with Crippen molar-refractivity contribution in [3.63, 3.8) is 0 Å². The molecule has 1 rings (SSSR count). The van der Waals surface area contributed by atoms with Crippen LogP contribution in [-0.2, 0) is 0 Å². The van der Waals surface area contributed by atoms with Crippen molar-refractivity contribution in [3.8, 4) is 0 Å². The van der Waals surface area contributed by atoms with Crippen LogP contribution in [0.1, 0.15) is 60.3 Å². The topological polar surface area (TPSA) is 15.3 Å². The van der Waals surface area contributed by atoms with Gasteiger partial charge in [0.2, 0.25) is 0 Å². The van der Waals surface area contributed by atoms with Gasteiger partial charge in [-0.25, -0.2) is 0 Å². The summed E-state index contributed by atoms with van der Waals surface area (Å²) in [5.41, 5.74) is 0. The molecule has 0 saturated heterocycles. The van der Waals surface area contributed by atoms with Gasteiger partial charge in [-0.05, 0) is 45.2 Å². The van der Waals surface area contributed by atoms with Gasteiger partial charge in [0.1, 0.15) is 0 Å². The fraction of sp³-hybridized carbons (Fsp3) is 1.00. The summed E-state index contributed by atoms with van der Waals surface area (Å²) in [6.07, 6.45) is 5.67. The van der Waals surface area contributed by atoms with Crippen LogP contribution in [0.2, 0.25) is 0 Å². The highest BCUT2D eigenvalue weighted by atomic mass is 15.2. The third kappa shape index (κ3) is 4.55. The summed E-state index contributed by atoms with van der Waals surface area (Å²) in [5.74, 6) is 1.59. The molecule has 18 heavy (non-hydrogen) atoms. The lowest BCUT2D eigenvalue weighted by atomic mass is 9.83. The Bertz CT molecular complexity index is 227. The van der Waals surface area contributed by atoms with E-state index in [9.17, 15) is 0 Å². The van der Waals surface area contributed by atoms with Crippen molar-refractivity contribution in [1.82, 2.24) is 10.2 Å². The molecular formula is C16H34N2. The van der Waals surface area contributed by atoms with Gasteiger partial charge in [-0.1, -0.05) is 40.5 Å². The quantitative estimate of drug-likeness (QED) is 0.780. The van der Waals surface area contributed by atoms with Gasteiger partial charge < -0.3 is 10.2 Å². The van der Waals surface area contributed by atoms with E-state index < -0.39 is 0 Å². The summed E-state index contributed by atoms with van der Waals surface area (Å²) < 4.78 is 0. The van der Waals surface area contributed by atoms with E-state index in [2.05, 4.69) is 51.9 Å². The summed E-state index contributed by atoms with van der Waals surface area (Å²) >= 11 is 0. The number of nitrogens with one attached hydrogen (secondary N) is 1. The fourth-order valence-corrected chi connectivity index (χ4v) is 3.20. The molecule has 4 atom stereocenters. The SMILES string of the molecule is CC(C)NCC(C)C(C)N(C)C1CCCCC1C. The normalized spacial score (nSPS) is 28.7. The Hall–Kier alpha value is -0.0800. The second-order valence-corrected chi connectivity index (χ2v) is 6.78. The van der Waals surface area contributed by atoms with E-state index in [0.717, 1.165) is 18.5 Å². The lowest BCUT2D eigenvalue weighted by Crippen LogP contribution is -2.48. The largest absolute Gasteiger partial charge is 0.314 e. The van der Waals surface area contributed by atoms with E-state index >= 15 is 0 Å². The predicted octanol–water partition coefficient (Wildman–Crippen LogP) is 3.52. The highest BCUT2D eigenvalue weighted by molar-refractivity contribution is 4.84. The summed E-state index contributed by atoms with van der Waals surface area (Å²) in [7, 11) is 2.34. The third-order valence-electron chi connectivity index (χ3n) is 4.90. The average molecular weight is 254 g/mol. The summed E-state index contributed by atoms with van der Waals surface area (Å²) in [4.78, 5) is 2.65. The van der Waals surface area contributed by atoms with E-state index in [1.807, 2.05) is 0 Å². The van der Waals surface area contributed by atoms with Crippen LogP contribution in [0, 0.1) is 11.8 Å². The molecule has 0 amide bonds. The van der Waals surface area contributed by atoms with Crippen LogP contribution in [0.25, 0.3) is 0 Å². The van der Waals surface area contributed by atoms with Crippen LogP contribution >= 0.6 is 0 Å². The Labute approximate surface area is 115 Å². The van der Waals surface area contributed by atoms with Gasteiger partial charge in [0.05, 0.1) is 0 Å². The fourth-order valence-electron chi connectivity index (χ4n) is 3.20. The summed E-state index contributed by atoms with van der Waals surface area (Å²) in [6, 6.07) is 2.07. The zero-order chi connectivity index (χ0) is 13.7. The first kappa shape index (κ1) is 16.0. The van der Waals surface area contributed by atoms with Crippen molar-refractivity contribution in [1.29, 1.82) is 0 Å². The highest BCUT2D eigenvalue weighted by Gasteiger charge is 2.29. The van der Waals surface area contributed by atoms with Gasteiger partial charge in [0.15, 0.2) is 0 Å². The highest BCUT2D eigenvalue weighted by Crippen LogP contribution is 2.29. The van der Waals surface area contributed by atoms with E-state index in [1.54, 1.807) is 0 Å². The van der Waals surface area contributed by atoms with Crippen molar-refractivity contribution >= 4 is 0 Å². The van der Waals surface area contributed by atoms with Gasteiger partial charge in [0.25, 0.3) is 0 Å². The zero-order valence-electron chi connectivity index (χ0n) is 13.4. The van der Waals surface area contributed by atoms with Crippen molar-refractivity contribution in [2.24, 2.45) is 11.8 Å². The number of nitrogens with zero attached hydrogens (tertiary/aromatic N) is 1. The van der Waals surface area contributed by atoms with Crippen LogP contribution in [0.4, 0.5) is 0 Å². The molecular weight excluding hydrogens is 220 g/mol. The molecule has 0 aliphatic heterocycles. The van der Waals surface area contributed by atoms with Crippen LogP contribution in [0.3, 0.4) is 0 Å². The molecule has 1 saturated carbocycles. The van der Waals surface area contributed by atoms with Gasteiger partial charge in [-0.2, -0.15) is 0 Å². The molecule has 1 N–H and O–H groups in total. The lowest BCUT2D eigenvalue weighted by Gasteiger charge is -2.41. The molecule has 0 heterocycles. The molecule has 1 aliphatic carbocycles. The number of hydrogen-bond donors (Lipinski definition) is 1.